The highest BCUT2D eigenvalue weighted by Crippen LogP contribution is 2.22. The molecule has 0 saturated carbocycles. The van der Waals surface area contributed by atoms with Crippen LogP contribution in [0.3, 0.4) is 0 Å². The third-order valence-corrected chi connectivity index (χ3v) is 4.48. The number of allylic oxidation sites excluding steroid dienone is 6. The van der Waals surface area contributed by atoms with Gasteiger partial charge in [0, 0.05) is 0 Å². The molecule has 0 aliphatic heterocycles. The van der Waals surface area contributed by atoms with Gasteiger partial charge in [0.25, 0.3) is 0 Å². The first kappa shape index (κ1) is 16.3. The van der Waals surface area contributed by atoms with Crippen molar-refractivity contribution >= 4 is 11.6 Å². The maximum atomic E-state index is 3.80. The van der Waals surface area contributed by atoms with Crippen molar-refractivity contribution in [3.63, 3.8) is 0 Å². The standard InChI is InChI=1S/C24H24/c1-2-20-10-12-21(13-11-20)14-15-22-16-18-24(19-17-22)23-8-6-4-3-5-7-9-23/h2-6,8,10-13,16-19H,1,7,9,14-15H2/b5-3+,6-4-,23-8+. The summed E-state index contributed by atoms with van der Waals surface area (Å²) in [5, 5.41) is 0. The van der Waals surface area contributed by atoms with E-state index in [0.717, 1.165) is 25.7 Å². The number of benzene rings is 2. The summed E-state index contributed by atoms with van der Waals surface area (Å²) in [5.41, 5.74) is 6.72. The molecule has 1 aliphatic carbocycles. The minimum atomic E-state index is 1.08. The summed E-state index contributed by atoms with van der Waals surface area (Å²) >= 11 is 0. The average Bonchev–Trinajstić information content (AvgIpc) is 2.61. The first-order valence-corrected chi connectivity index (χ1v) is 8.68. The summed E-state index contributed by atoms with van der Waals surface area (Å²) in [6.07, 6.45) is 17.1. The van der Waals surface area contributed by atoms with Gasteiger partial charge in [-0.25, -0.2) is 0 Å². The van der Waals surface area contributed by atoms with E-state index in [1.54, 1.807) is 0 Å². The second-order valence-electron chi connectivity index (χ2n) is 6.19. The molecule has 0 amide bonds. The largest absolute Gasteiger partial charge is 0.0985 e. The van der Waals surface area contributed by atoms with Crippen molar-refractivity contribution in [1.82, 2.24) is 0 Å². The van der Waals surface area contributed by atoms with Crippen LogP contribution in [0.4, 0.5) is 0 Å². The van der Waals surface area contributed by atoms with E-state index < -0.39 is 0 Å². The zero-order valence-electron chi connectivity index (χ0n) is 14.1. The second kappa shape index (κ2) is 8.31. The first-order valence-electron chi connectivity index (χ1n) is 8.68. The fraction of sp³-hybridized carbons (Fsp3) is 0.167. The monoisotopic (exact) mass is 312 g/mol. The quantitative estimate of drug-likeness (QED) is 0.599. The SMILES string of the molecule is C=Cc1ccc(CCc2ccc(/C3=C/C=C\C=C\CC3)cc2)cc1. The van der Waals surface area contributed by atoms with Gasteiger partial charge in [-0.2, -0.15) is 0 Å². The first-order chi connectivity index (χ1) is 11.8. The Balaban J connectivity index is 1.62. The van der Waals surface area contributed by atoms with Crippen molar-refractivity contribution in [3.8, 4) is 0 Å². The van der Waals surface area contributed by atoms with Crippen molar-refractivity contribution < 1.29 is 0 Å². The summed E-state index contributed by atoms with van der Waals surface area (Å²) in [6, 6.07) is 17.7. The molecule has 24 heavy (non-hydrogen) atoms. The van der Waals surface area contributed by atoms with Crippen LogP contribution in [0.25, 0.3) is 11.6 Å². The van der Waals surface area contributed by atoms with Gasteiger partial charge in [0.2, 0.25) is 0 Å². The molecule has 0 aromatic heterocycles. The van der Waals surface area contributed by atoms with Gasteiger partial charge in [0.05, 0.1) is 0 Å². The Hall–Kier alpha value is -2.60. The normalized spacial score (nSPS) is 18.8. The van der Waals surface area contributed by atoms with Crippen LogP contribution in [0, 0.1) is 0 Å². The Morgan fingerprint density at radius 2 is 1.46 bits per heavy atom. The van der Waals surface area contributed by atoms with E-state index in [0.29, 0.717) is 0 Å². The summed E-state index contributed by atoms with van der Waals surface area (Å²) in [4.78, 5) is 0. The van der Waals surface area contributed by atoms with Crippen molar-refractivity contribution in [2.24, 2.45) is 0 Å². The molecule has 2 aromatic carbocycles. The van der Waals surface area contributed by atoms with Gasteiger partial charge < -0.3 is 0 Å². The van der Waals surface area contributed by atoms with E-state index in [1.165, 1.54) is 27.8 Å². The van der Waals surface area contributed by atoms with Gasteiger partial charge in [-0.15, -0.1) is 0 Å². The molecule has 0 heteroatoms. The summed E-state index contributed by atoms with van der Waals surface area (Å²) in [7, 11) is 0. The molecule has 0 atom stereocenters. The Kier molecular flexibility index (Phi) is 5.63. The van der Waals surface area contributed by atoms with Crippen LogP contribution in [0.5, 0.6) is 0 Å². The summed E-state index contributed by atoms with van der Waals surface area (Å²) < 4.78 is 0. The van der Waals surface area contributed by atoms with Crippen LogP contribution in [-0.4, -0.2) is 0 Å². The fourth-order valence-electron chi connectivity index (χ4n) is 2.97. The van der Waals surface area contributed by atoms with Gasteiger partial charge in [-0.05, 0) is 53.5 Å². The molecule has 120 valence electrons. The van der Waals surface area contributed by atoms with E-state index >= 15 is 0 Å². The Bertz CT molecular complexity index is 753. The number of rotatable bonds is 5. The molecule has 0 radical (unpaired) electrons. The van der Waals surface area contributed by atoms with E-state index in [2.05, 4.69) is 85.5 Å². The van der Waals surface area contributed by atoms with Gasteiger partial charge in [-0.3, -0.25) is 0 Å². The van der Waals surface area contributed by atoms with Crippen molar-refractivity contribution in [3.05, 3.63) is 108 Å². The lowest BCUT2D eigenvalue weighted by molar-refractivity contribution is 0.959. The molecule has 0 bridgehead atoms. The Morgan fingerprint density at radius 1 is 0.792 bits per heavy atom. The summed E-state index contributed by atoms with van der Waals surface area (Å²) in [6.45, 7) is 3.80. The van der Waals surface area contributed by atoms with Gasteiger partial charge >= 0.3 is 0 Å². The molecule has 0 saturated heterocycles. The highest BCUT2D eigenvalue weighted by Gasteiger charge is 2.02. The molecule has 0 spiro atoms. The van der Waals surface area contributed by atoms with Gasteiger partial charge in [0.15, 0.2) is 0 Å². The zero-order valence-corrected chi connectivity index (χ0v) is 14.1. The van der Waals surface area contributed by atoms with Crippen LogP contribution < -0.4 is 0 Å². The lowest BCUT2D eigenvalue weighted by Gasteiger charge is -2.09. The number of hydrogen-bond acceptors (Lipinski definition) is 0. The van der Waals surface area contributed by atoms with E-state index in [9.17, 15) is 0 Å². The van der Waals surface area contributed by atoms with Crippen molar-refractivity contribution in [2.75, 3.05) is 0 Å². The lowest BCUT2D eigenvalue weighted by Crippen LogP contribution is -1.92. The van der Waals surface area contributed by atoms with Crippen LogP contribution >= 0.6 is 0 Å². The van der Waals surface area contributed by atoms with Gasteiger partial charge in [0.1, 0.15) is 0 Å². The van der Waals surface area contributed by atoms with Crippen molar-refractivity contribution in [1.29, 1.82) is 0 Å². The topological polar surface area (TPSA) is 0 Å². The highest BCUT2D eigenvalue weighted by molar-refractivity contribution is 5.67. The maximum absolute atomic E-state index is 3.80. The lowest BCUT2D eigenvalue weighted by atomic mass is 9.96. The molecule has 0 unspecified atom stereocenters. The molecule has 0 N–H and O–H groups in total. The van der Waals surface area contributed by atoms with Crippen LogP contribution in [-0.2, 0) is 12.8 Å². The molecular weight excluding hydrogens is 288 g/mol. The summed E-state index contributed by atoms with van der Waals surface area (Å²) in [5.74, 6) is 0. The Morgan fingerprint density at radius 3 is 2.12 bits per heavy atom. The highest BCUT2D eigenvalue weighted by atomic mass is 14.1. The van der Waals surface area contributed by atoms with Gasteiger partial charge in [-0.1, -0.05) is 91.6 Å². The van der Waals surface area contributed by atoms with Crippen LogP contribution in [0.1, 0.15) is 35.1 Å². The van der Waals surface area contributed by atoms with Crippen molar-refractivity contribution in [2.45, 2.75) is 25.7 Å². The molecular formula is C24H24. The van der Waals surface area contributed by atoms with E-state index in [1.807, 2.05) is 6.08 Å². The molecule has 2 aromatic rings. The third kappa shape index (κ3) is 4.45. The fourth-order valence-corrected chi connectivity index (χ4v) is 2.97. The Labute approximate surface area is 145 Å². The zero-order chi connectivity index (χ0) is 16.6. The molecule has 0 fully saturated rings. The van der Waals surface area contributed by atoms with Crippen LogP contribution in [0.2, 0.25) is 0 Å². The molecule has 0 nitrogen and oxygen atoms in total. The van der Waals surface area contributed by atoms with E-state index in [-0.39, 0.29) is 0 Å². The van der Waals surface area contributed by atoms with Crippen LogP contribution in [0.15, 0.2) is 85.5 Å². The average molecular weight is 312 g/mol. The predicted molar refractivity (Wildman–Crippen MR) is 106 cm³/mol. The minimum Gasteiger partial charge on any atom is -0.0985 e. The maximum Gasteiger partial charge on any atom is -0.0224 e. The smallest absolute Gasteiger partial charge is 0.0224 e. The molecule has 0 heterocycles. The minimum absolute atomic E-state index is 1.08. The number of aryl methyl sites for hydroxylation is 2. The third-order valence-electron chi connectivity index (χ3n) is 4.48. The predicted octanol–water partition coefficient (Wildman–Crippen LogP) is 6.40. The van der Waals surface area contributed by atoms with E-state index in [4.69, 9.17) is 0 Å². The number of hydrogen-bond donors (Lipinski definition) is 0. The second-order valence-corrected chi connectivity index (χ2v) is 6.19. The molecule has 3 rings (SSSR count). The molecule has 1 aliphatic rings.